The van der Waals surface area contributed by atoms with Gasteiger partial charge in [-0.2, -0.15) is 0 Å². The molecule has 2 rings (SSSR count). The Labute approximate surface area is 143 Å². The third-order valence-corrected chi connectivity index (χ3v) is 4.44. The van der Waals surface area contributed by atoms with Crippen LogP contribution in [0.1, 0.15) is 60.3 Å². The topological polar surface area (TPSA) is 43.4 Å². The van der Waals surface area contributed by atoms with Crippen LogP contribution in [0.15, 0.2) is 36.4 Å². The van der Waals surface area contributed by atoms with Gasteiger partial charge in [-0.3, -0.25) is 9.59 Å². The van der Waals surface area contributed by atoms with Crippen molar-refractivity contribution in [3.63, 3.8) is 0 Å². The summed E-state index contributed by atoms with van der Waals surface area (Å²) in [4.78, 5) is 22.7. The maximum absolute atomic E-state index is 11.4. The highest BCUT2D eigenvalue weighted by molar-refractivity contribution is 5.94. The number of benzene rings is 2. The Morgan fingerprint density at radius 2 is 1.38 bits per heavy atom. The molecular weight excluding hydrogens is 300 g/mol. The van der Waals surface area contributed by atoms with E-state index in [1.165, 1.54) is 6.92 Å². The lowest BCUT2D eigenvalue weighted by Gasteiger charge is -2.28. The van der Waals surface area contributed by atoms with E-state index in [2.05, 4.69) is 26.0 Å². The Morgan fingerprint density at radius 1 is 0.875 bits per heavy atom. The van der Waals surface area contributed by atoms with Crippen molar-refractivity contribution in [1.82, 2.24) is 0 Å². The van der Waals surface area contributed by atoms with Crippen LogP contribution in [-0.2, 0) is 10.2 Å². The minimum atomic E-state index is -0.312. The first-order valence-electron chi connectivity index (χ1n) is 8.04. The van der Waals surface area contributed by atoms with E-state index in [1.807, 2.05) is 38.1 Å². The average molecular weight is 324 g/mol. The maximum Gasteiger partial charge on any atom is 0.308 e. The summed E-state index contributed by atoms with van der Waals surface area (Å²) in [7, 11) is 0. The average Bonchev–Trinajstić information content (AvgIpc) is 2.50. The molecule has 0 spiro atoms. The Kier molecular flexibility index (Phi) is 4.93. The first kappa shape index (κ1) is 17.9. The smallest absolute Gasteiger partial charge is 0.308 e. The van der Waals surface area contributed by atoms with Gasteiger partial charge < -0.3 is 4.74 Å². The summed E-state index contributed by atoms with van der Waals surface area (Å²) in [6.07, 6.45) is 0. The van der Waals surface area contributed by atoms with E-state index in [1.54, 1.807) is 6.92 Å². The summed E-state index contributed by atoms with van der Waals surface area (Å²) in [5, 5.41) is 0. The summed E-state index contributed by atoms with van der Waals surface area (Å²) in [5.41, 5.74) is 4.64. The Hall–Kier alpha value is -2.42. The zero-order valence-electron chi connectivity index (χ0n) is 15.2. The van der Waals surface area contributed by atoms with Gasteiger partial charge in [0.1, 0.15) is 5.75 Å². The van der Waals surface area contributed by atoms with Gasteiger partial charge in [-0.15, -0.1) is 0 Å². The molecule has 0 saturated carbocycles. The lowest BCUT2D eigenvalue weighted by molar-refractivity contribution is -0.131. The molecule has 0 aliphatic heterocycles. The lowest BCUT2D eigenvalue weighted by Crippen LogP contribution is -2.20. The molecule has 2 aromatic carbocycles. The predicted molar refractivity (Wildman–Crippen MR) is 95.8 cm³/mol. The monoisotopic (exact) mass is 324 g/mol. The fraction of sp³-hybridized carbons (Fsp3) is 0.333. The fourth-order valence-corrected chi connectivity index (χ4v) is 2.90. The molecule has 126 valence electrons. The third kappa shape index (κ3) is 3.56. The number of Topliss-reactive ketones (excluding diaryl/α,β-unsaturated/α-hetero) is 1. The summed E-state index contributed by atoms with van der Waals surface area (Å²) in [5.74, 6) is 0.388. The molecule has 0 aliphatic carbocycles. The third-order valence-electron chi connectivity index (χ3n) is 4.44. The molecule has 3 heteroatoms. The largest absolute Gasteiger partial charge is 0.426 e. The number of carbonyl (C=O) groups is 2. The molecule has 0 radical (unpaired) electrons. The molecule has 0 bridgehead atoms. The van der Waals surface area contributed by atoms with E-state index in [-0.39, 0.29) is 17.2 Å². The molecule has 24 heavy (non-hydrogen) atoms. The van der Waals surface area contributed by atoms with E-state index in [0.29, 0.717) is 11.3 Å². The summed E-state index contributed by atoms with van der Waals surface area (Å²) in [6, 6.07) is 11.9. The number of carbonyl (C=O) groups excluding carboxylic acids is 2. The predicted octanol–water partition coefficient (Wildman–Crippen LogP) is 4.76. The second-order valence-electron chi connectivity index (χ2n) is 6.79. The van der Waals surface area contributed by atoms with E-state index < -0.39 is 0 Å². The number of ketones is 1. The molecule has 0 fully saturated rings. The van der Waals surface area contributed by atoms with E-state index in [9.17, 15) is 9.59 Å². The van der Waals surface area contributed by atoms with E-state index in [4.69, 9.17) is 4.74 Å². The van der Waals surface area contributed by atoms with Crippen molar-refractivity contribution >= 4 is 11.8 Å². The van der Waals surface area contributed by atoms with Crippen molar-refractivity contribution in [2.45, 2.75) is 47.0 Å². The van der Waals surface area contributed by atoms with Gasteiger partial charge in [0.15, 0.2) is 5.78 Å². The number of esters is 1. The van der Waals surface area contributed by atoms with Gasteiger partial charge in [-0.1, -0.05) is 50.2 Å². The molecule has 0 N–H and O–H groups in total. The molecule has 0 atom stereocenters. The van der Waals surface area contributed by atoms with Crippen molar-refractivity contribution in [2.75, 3.05) is 0 Å². The van der Waals surface area contributed by atoms with Gasteiger partial charge in [-0.05, 0) is 43.0 Å². The first-order chi connectivity index (χ1) is 11.1. The highest BCUT2D eigenvalue weighted by Gasteiger charge is 2.25. The Bertz CT molecular complexity index is 760. The number of hydrogen-bond donors (Lipinski definition) is 0. The quantitative estimate of drug-likeness (QED) is 0.463. The zero-order chi connectivity index (χ0) is 18.1. The maximum atomic E-state index is 11.4. The van der Waals surface area contributed by atoms with Crippen LogP contribution in [0.2, 0.25) is 0 Å². The Morgan fingerprint density at radius 3 is 1.79 bits per heavy atom. The minimum Gasteiger partial charge on any atom is -0.426 e. The normalized spacial score (nSPS) is 11.2. The van der Waals surface area contributed by atoms with Crippen LogP contribution >= 0.6 is 0 Å². The standard InChI is InChI=1S/C21H24O3/c1-13-11-19(12-14(2)20(13)24-16(4)23)21(5,6)18-9-7-17(8-10-18)15(3)22/h7-12H,1-6H3. The number of hydrogen-bond acceptors (Lipinski definition) is 3. The molecule has 0 aromatic heterocycles. The molecule has 0 unspecified atom stereocenters. The minimum absolute atomic E-state index is 0.0665. The van der Waals surface area contributed by atoms with E-state index >= 15 is 0 Å². The van der Waals surface area contributed by atoms with Gasteiger partial charge in [-0.25, -0.2) is 0 Å². The van der Waals surface area contributed by atoms with Crippen LogP contribution < -0.4 is 4.74 Å². The van der Waals surface area contributed by atoms with Crippen LogP contribution in [0.25, 0.3) is 0 Å². The molecule has 0 aliphatic rings. The van der Waals surface area contributed by atoms with Crippen LogP contribution in [0.4, 0.5) is 0 Å². The van der Waals surface area contributed by atoms with Gasteiger partial charge in [0, 0.05) is 17.9 Å². The van der Waals surface area contributed by atoms with Crippen LogP contribution in [0.3, 0.4) is 0 Å². The summed E-state index contributed by atoms with van der Waals surface area (Å²) >= 11 is 0. The number of rotatable bonds is 4. The lowest BCUT2D eigenvalue weighted by atomic mass is 9.77. The van der Waals surface area contributed by atoms with Crippen molar-refractivity contribution < 1.29 is 14.3 Å². The van der Waals surface area contributed by atoms with Crippen molar-refractivity contribution in [3.8, 4) is 5.75 Å². The molecule has 0 saturated heterocycles. The second-order valence-corrected chi connectivity index (χ2v) is 6.79. The van der Waals surface area contributed by atoms with E-state index in [0.717, 1.165) is 22.3 Å². The molecule has 0 amide bonds. The SMILES string of the molecule is CC(=O)Oc1c(C)cc(C(C)(C)c2ccc(C(C)=O)cc2)cc1C. The molecular formula is C21H24O3. The second kappa shape index (κ2) is 6.60. The van der Waals surface area contributed by atoms with Gasteiger partial charge in [0.25, 0.3) is 0 Å². The molecule has 2 aromatic rings. The number of ether oxygens (including phenoxy) is 1. The highest BCUT2D eigenvalue weighted by Crippen LogP contribution is 2.36. The van der Waals surface area contributed by atoms with Crippen molar-refractivity contribution in [1.29, 1.82) is 0 Å². The molecule has 0 heterocycles. The van der Waals surface area contributed by atoms with Crippen LogP contribution in [-0.4, -0.2) is 11.8 Å². The first-order valence-corrected chi connectivity index (χ1v) is 8.04. The fourth-order valence-electron chi connectivity index (χ4n) is 2.90. The zero-order valence-corrected chi connectivity index (χ0v) is 15.2. The van der Waals surface area contributed by atoms with Crippen LogP contribution in [0.5, 0.6) is 5.75 Å². The van der Waals surface area contributed by atoms with Crippen molar-refractivity contribution in [3.05, 3.63) is 64.2 Å². The highest BCUT2D eigenvalue weighted by atomic mass is 16.5. The van der Waals surface area contributed by atoms with Crippen LogP contribution in [0, 0.1) is 13.8 Å². The summed E-state index contributed by atoms with van der Waals surface area (Å²) < 4.78 is 5.31. The van der Waals surface area contributed by atoms with Gasteiger partial charge >= 0.3 is 5.97 Å². The van der Waals surface area contributed by atoms with Gasteiger partial charge in [0.2, 0.25) is 0 Å². The summed E-state index contributed by atoms with van der Waals surface area (Å²) in [6.45, 7) is 11.2. The number of aryl methyl sites for hydroxylation is 2. The molecule has 3 nitrogen and oxygen atoms in total. The van der Waals surface area contributed by atoms with Gasteiger partial charge in [0.05, 0.1) is 0 Å². The Balaban J connectivity index is 2.45. The van der Waals surface area contributed by atoms with Crippen molar-refractivity contribution in [2.24, 2.45) is 0 Å².